The molecule has 4 aliphatic rings. The molecule has 0 bridgehead atoms. The zero-order valence-corrected chi connectivity index (χ0v) is 15.9. The fraction of sp³-hybridized carbons (Fsp3) is 1.00. The van der Waals surface area contributed by atoms with E-state index in [4.69, 9.17) is 4.74 Å². The van der Waals surface area contributed by atoms with Crippen LogP contribution >= 0.6 is 0 Å². The standard InChI is InChI=1S/C22H38O/c1-15(2)23-20-11-10-18-17-9-8-16-7-5-6-13-21(16,3)19(17)12-14-22(18,20)4/h15-20H,5-14H2,1-4H3. The highest BCUT2D eigenvalue weighted by molar-refractivity contribution is 5.09. The Kier molecular flexibility index (Phi) is 4.11. The van der Waals surface area contributed by atoms with Crippen LogP contribution in [0.3, 0.4) is 0 Å². The third-order valence-corrected chi connectivity index (χ3v) is 8.93. The second-order valence-electron chi connectivity index (χ2n) is 10.2. The van der Waals surface area contributed by atoms with Crippen molar-refractivity contribution in [2.24, 2.45) is 34.5 Å². The van der Waals surface area contributed by atoms with Gasteiger partial charge in [0.15, 0.2) is 0 Å². The lowest BCUT2D eigenvalue weighted by atomic mass is 9.45. The van der Waals surface area contributed by atoms with E-state index in [1.165, 1.54) is 64.2 Å². The number of ether oxygens (including phenoxy) is 1. The molecule has 1 nitrogen and oxygen atoms in total. The zero-order valence-electron chi connectivity index (χ0n) is 15.9. The third kappa shape index (κ3) is 2.43. The molecule has 0 amide bonds. The molecule has 0 aromatic heterocycles. The summed E-state index contributed by atoms with van der Waals surface area (Å²) in [6, 6.07) is 0. The highest BCUT2D eigenvalue weighted by atomic mass is 16.5. The van der Waals surface area contributed by atoms with Gasteiger partial charge in [0.2, 0.25) is 0 Å². The van der Waals surface area contributed by atoms with Crippen LogP contribution in [0.25, 0.3) is 0 Å². The van der Waals surface area contributed by atoms with E-state index >= 15 is 0 Å². The van der Waals surface area contributed by atoms with Crippen LogP contribution in [0.1, 0.15) is 91.9 Å². The van der Waals surface area contributed by atoms with E-state index in [0.29, 0.717) is 23.0 Å². The van der Waals surface area contributed by atoms with Crippen molar-refractivity contribution in [2.75, 3.05) is 0 Å². The van der Waals surface area contributed by atoms with E-state index in [0.717, 1.165) is 23.7 Å². The molecule has 7 atom stereocenters. The van der Waals surface area contributed by atoms with Crippen molar-refractivity contribution in [3.05, 3.63) is 0 Å². The first-order valence-electron chi connectivity index (χ1n) is 10.6. The summed E-state index contributed by atoms with van der Waals surface area (Å²) in [5.41, 5.74) is 1.16. The van der Waals surface area contributed by atoms with Gasteiger partial charge in [-0.15, -0.1) is 0 Å². The van der Waals surface area contributed by atoms with E-state index in [9.17, 15) is 0 Å². The molecule has 23 heavy (non-hydrogen) atoms. The Hall–Kier alpha value is -0.0400. The van der Waals surface area contributed by atoms with Crippen molar-refractivity contribution in [3.63, 3.8) is 0 Å². The van der Waals surface area contributed by atoms with Crippen molar-refractivity contribution < 1.29 is 4.74 Å². The number of fused-ring (bicyclic) bond motifs is 5. The molecule has 4 fully saturated rings. The predicted octanol–water partition coefficient (Wildman–Crippen LogP) is 6.21. The molecule has 0 saturated heterocycles. The van der Waals surface area contributed by atoms with Crippen LogP contribution in [0.2, 0.25) is 0 Å². The van der Waals surface area contributed by atoms with Crippen molar-refractivity contribution in [2.45, 2.75) is 104 Å². The maximum atomic E-state index is 6.40. The van der Waals surface area contributed by atoms with E-state index in [-0.39, 0.29) is 0 Å². The molecule has 0 spiro atoms. The molecule has 4 aliphatic carbocycles. The van der Waals surface area contributed by atoms with Gasteiger partial charge >= 0.3 is 0 Å². The summed E-state index contributed by atoms with van der Waals surface area (Å²) in [5.74, 6) is 4.03. The summed E-state index contributed by atoms with van der Waals surface area (Å²) >= 11 is 0. The molecular weight excluding hydrogens is 280 g/mol. The quantitative estimate of drug-likeness (QED) is 0.588. The third-order valence-electron chi connectivity index (χ3n) is 8.93. The summed E-state index contributed by atoms with van der Waals surface area (Å²) in [7, 11) is 0. The highest BCUT2D eigenvalue weighted by Gasteiger charge is 2.60. The van der Waals surface area contributed by atoms with Gasteiger partial charge in [0.05, 0.1) is 12.2 Å². The number of hydrogen-bond acceptors (Lipinski definition) is 1. The normalized spacial score (nSPS) is 52.8. The molecule has 0 aliphatic heterocycles. The molecule has 0 aromatic carbocycles. The first-order valence-corrected chi connectivity index (χ1v) is 10.6. The van der Waals surface area contributed by atoms with Gasteiger partial charge in [-0.1, -0.05) is 26.7 Å². The Labute approximate surface area is 143 Å². The summed E-state index contributed by atoms with van der Waals surface area (Å²) < 4.78 is 6.40. The predicted molar refractivity (Wildman–Crippen MR) is 96.4 cm³/mol. The van der Waals surface area contributed by atoms with Gasteiger partial charge in [-0.05, 0) is 99.7 Å². The average molecular weight is 319 g/mol. The molecule has 0 heterocycles. The largest absolute Gasteiger partial charge is 0.375 e. The van der Waals surface area contributed by atoms with Gasteiger partial charge in [-0.2, -0.15) is 0 Å². The fourth-order valence-electron chi connectivity index (χ4n) is 7.80. The molecular formula is C22H38O. The Morgan fingerprint density at radius 1 is 0.783 bits per heavy atom. The maximum Gasteiger partial charge on any atom is 0.0635 e. The Morgan fingerprint density at radius 3 is 2.35 bits per heavy atom. The van der Waals surface area contributed by atoms with Gasteiger partial charge < -0.3 is 4.74 Å². The minimum atomic E-state index is 0.389. The molecule has 7 unspecified atom stereocenters. The van der Waals surface area contributed by atoms with Gasteiger partial charge in [0.1, 0.15) is 0 Å². The molecule has 4 saturated carbocycles. The van der Waals surface area contributed by atoms with Gasteiger partial charge in [0, 0.05) is 0 Å². The number of hydrogen-bond donors (Lipinski definition) is 0. The van der Waals surface area contributed by atoms with Crippen LogP contribution in [-0.4, -0.2) is 12.2 Å². The van der Waals surface area contributed by atoms with Crippen LogP contribution < -0.4 is 0 Å². The first-order chi connectivity index (χ1) is 10.9. The lowest BCUT2D eigenvalue weighted by Crippen LogP contribution is -2.53. The Balaban J connectivity index is 1.57. The Bertz CT molecular complexity index is 443. The molecule has 1 heteroatoms. The second-order valence-corrected chi connectivity index (χ2v) is 10.2. The van der Waals surface area contributed by atoms with Crippen LogP contribution in [0.15, 0.2) is 0 Å². The monoisotopic (exact) mass is 318 g/mol. The van der Waals surface area contributed by atoms with Crippen molar-refractivity contribution in [1.82, 2.24) is 0 Å². The highest BCUT2D eigenvalue weighted by Crippen LogP contribution is 2.66. The van der Waals surface area contributed by atoms with Crippen molar-refractivity contribution in [1.29, 1.82) is 0 Å². The smallest absolute Gasteiger partial charge is 0.0635 e. The minimum Gasteiger partial charge on any atom is -0.375 e. The summed E-state index contributed by atoms with van der Waals surface area (Å²) in [6.07, 6.45) is 15.7. The molecule has 4 rings (SSSR count). The molecule has 0 aromatic rings. The molecule has 0 radical (unpaired) electrons. The van der Waals surface area contributed by atoms with Crippen LogP contribution in [0.4, 0.5) is 0 Å². The van der Waals surface area contributed by atoms with E-state index in [1.807, 2.05) is 0 Å². The summed E-state index contributed by atoms with van der Waals surface area (Å²) in [6.45, 7) is 9.71. The summed E-state index contributed by atoms with van der Waals surface area (Å²) in [5, 5.41) is 0. The SMILES string of the molecule is CC(C)OC1CCC2C3CCC4CCCCC4(C)C3CCC12C. The fourth-order valence-corrected chi connectivity index (χ4v) is 7.80. The first kappa shape index (κ1) is 16.4. The maximum absolute atomic E-state index is 6.40. The Morgan fingerprint density at radius 2 is 1.57 bits per heavy atom. The molecule has 0 N–H and O–H groups in total. The van der Waals surface area contributed by atoms with Crippen molar-refractivity contribution >= 4 is 0 Å². The topological polar surface area (TPSA) is 9.23 Å². The van der Waals surface area contributed by atoms with E-state index in [1.54, 1.807) is 0 Å². The lowest BCUT2D eigenvalue weighted by molar-refractivity contribution is -0.137. The van der Waals surface area contributed by atoms with E-state index in [2.05, 4.69) is 27.7 Å². The second kappa shape index (κ2) is 5.75. The average Bonchev–Trinajstić information content (AvgIpc) is 2.83. The molecule has 132 valence electrons. The van der Waals surface area contributed by atoms with Crippen LogP contribution in [0.5, 0.6) is 0 Å². The summed E-state index contributed by atoms with van der Waals surface area (Å²) in [4.78, 5) is 0. The van der Waals surface area contributed by atoms with Gasteiger partial charge in [0.25, 0.3) is 0 Å². The minimum absolute atomic E-state index is 0.389. The van der Waals surface area contributed by atoms with Crippen LogP contribution in [0, 0.1) is 34.5 Å². The zero-order chi connectivity index (χ0) is 16.2. The van der Waals surface area contributed by atoms with Gasteiger partial charge in [-0.25, -0.2) is 0 Å². The number of rotatable bonds is 2. The lowest BCUT2D eigenvalue weighted by Gasteiger charge is -2.60. The van der Waals surface area contributed by atoms with Crippen LogP contribution in [-0.2, 0) is 4.74 Å². The van der Waals surface area contributed by atoms with E-state index < -0.39 is 0 Å². The van der Waals surface area contributed by atoms with Gasteiger partial charge in [-0.3, -0.25) is 0 Å². The van der Waals surface area contributed by atoms with Crippen molar-refractivity contribution in [3.8, 4) is 0 Å².